The number of carbonyl (C=O) groups excluding carboxylic acids is 2. The van der Waals surface area contributed by atoms with Gasteiger partial charge >= 0.3 is 0 Å². The van der Waals surface area contributed by atoms with E-state index in [1.165, 1.54) is 11.3 Å². The van der Waals surface area contributed by atoms with Crippen molar-refractivity contribution in [3.63, 3.8) is 0 Å². The van der Waals surface area contributed by atoms with Gasteiger partial charge in [0.15, 0.2) is 0 Å². The van der Waals surface area contributed by atoms with Crippen molar-refractivity contribution in [2.45, 2.75) is 53.4 Å². The molecule has 2 heterocycles. The summed E-state index contributed by atoms with van der Waals surface area (Å²) in [6.07, 6.45) is 1.16. The van der Waals surface area contributed by atoms with Crippen molar-refractivity contribution in [1.29, 1.82) is 0 Å². The number of benzene rings is 1. The van der Waals surface area contributed by atoms with Gasteiger partial charge in [0, 0.05) is 30.0 Å². The first-order chi connectivity index (χ1) is 12.7. The maximum absolute atomic E-state index is 12.5. The minimum atomic E-state index is -0.449. The van der Waals surface area contributed by atoms with Crippen LogP contribution < -0.4 is 10.2 Å². The van der Waals surface area contributed by atoms with Crippen molar-refractivity contribution < 1.29 is 9.59 Å². The number of aryl methyl sites for hydroxylation is 2. The van der Waals surface area contributed by atoms with E-state index in [4.69, 9.17) is 0 Å². The number of hydrogen-bond donors (Lipinski definition) is 1. The van der Waals surface area contributed by atoms with Gasteiger partial charge in [0.1, 0.15) is 5.01 Å². The topological polar surface area (TPSA) is 75.2 Å². The molecule has 27 heavy (non-hydrogen) atoms. The first-order valence-corrected chi connectivity index (χ1v) is 10.0. The minimum absolute atomic E-state index is 0.000607. The van der Waals surface area contributed by atoms with Crippen molar-refractivity contribution in [3.8, 4) is 0 Å². The highest BCUT2D eigenvalue weighted by Gasteiger charge is 2.34. The molecule has 1 aliphatic heterocycles. The Bertz CT molecular complexity index is 854. The fourth-order valence-corrected chi connectivity index (χ4v) is 3.94. The van der Waals surface area contributed by atoms with Crippen molar-refractivity contribution in [2.75, 3.05) is 16.8 Å². The molecule has 1 fully saturated rings. The van der Waals surface area contributed by atoms with Gasteiger partial charge in [0.2, 0.25) is 16.9 Å². The quantitative estimate of drug-likeness (QED) is 0.841. The first kappa shape index (κ1) is 19.5. The molecule has 0 bridgehead atoms. The zero-order valence-electron chi connectivity index (χ0n) is 16.5. The smallest absolute Gasteiger partial charge is 0.231 e. The van der Waals surface area contributed by atoms with Crippen LogP contribution in [0.1, 0.15) is 55.7 Å². The molecule has 0 saturated carbocycles. The molecule has 6 nitrogen and oxygen atoms in total. The third-order valence-electron chi connectivity index (χ3n) is 5.15. The zero-order chi connectivity index (χ0) is 19.8. The van der Waals surface area contributed by atoms with E-state index in [9.17, 15) is 9.59 Å². The lowest BCUT2D eigenvalue weighted by Gasteiger charge is -2.20. The lowest BCUT2D eigenvalue weighted by Crippen LogP contribution is -2.29. The number of carbonyl (C=O) groups is 2. The zero-order valence-corrected chi connectivity index (χ0v) is 17.3. The van der Waals surface area contributed by atoms with Crippen LogP contribution in [0.4, 0.5) is 10.8 Å². The van der Waals surface area contributed by atoms with E-state index in [0.717, 1.165) is 28.2 Å². The van der Waals surface area contributed by atoms with Gasteiger partial charge in [-0.2, -0.15) is 0 Å². The fraction of sp³-hybridized carbons (Fsp3) is 0.500. The van der Waals surface area contributed by atoms with Crippen molar-refractivity contribution >= 4 is 34.0 Å². The largest absolute Gasteiger partial charge is 0.312 e. The minimum Gasteiger partial charge on any atom is -0.312 e. The van der Waals surface area contributed by atoms with Gasteiger partial charge in [-0.1, -0.05) is 38.2 Å². The average molecular weight is 387 g/mol. The molecule has 1 aromatic carbocycles. The summed E-state index contributed by atoms with van der Waals surface area (Å²) in [7, 11) is 0. The highest BCUT2D eigenvalue weighted by molar-refractivity contribution is 7.15. The molecule has 0 spiro atoms. The standard InChI is InChI=1S/C20H26N4O2S/c1-6-20(4,5)18(26)21-19-23-22-17(27-19)14-10-16(25)24(11-14)15-8-12(2)7-13(3)9-15/h7-9,14H,6,10-11H2,1-5H3,(H,21,23,26)/t14-/m0/s1. The van der Waals surface area contributed by atoms with Gasteiger partial charge in [-0.05, 0) is 43.5 Å². The molecule has 1 aromatic heterocycles. The summed E-state index contributed by atoms with van der Waals surface area (Å²) >= 11 is 1.36. The summed E-state index contributed by atoms with van der Waals surface area (Å²) in [5.41, 5.74) is 2.76. The van der Waals surface area contributed by atoms with Crippen LogP contribution >= 0.6 is 11.3 Å². The Balaban J connectivity index is 1.73. The van der Waals surface area contributed by atoms with Crippen LogP contribution in [0.5, 0.6) is 0 Å². The third kappa shape index (κ3) is 4.18. The SMILES string of the molecule is CCC(C)(C)C(=O)Nc1nnc([C@H]2CC(=O)N(c3cc(C)cc(C)c3)C2)s1. The fourth-order valence-electron chi connectivity index (χ4n) is 3.11. The van der Waals surface area contributed by atoms with Gasteiger partial charge in [0.25, 0.3) is 0 Å². The first-order valence-electron chi connectivity index (χ1n) is 9.23. The molecule has 1 N–H and O–H groups in total. The van der Waals surface area contributed by atoms with E-state index >= 15 is 0 Å². The second-order valence-corrected chi connectivity index (χ2v) is 8.90. The molecular formula is C20H26N4O2S. The molecule has 1 atom stereocenters. The Kier molecular flexibility index (Phi) is 5.33. The summed E-state index contributed by atoms with van der Waals surface area (Å²) in [6.45, 7) is 10.4. The average Bonchev–Trinajstić information content (AvgIpc) is 3.20. The summed E-state index contributed by atoms with van der Waals surface area (Å²) in [4.78, 5) is 26.7. The molecule has 7 heteroatoms. The molecule has 3 rings (SSSR count). The molecule has 1 aliphatic rings. The number of nitrogens with zero attached hydrogens (tertiary/aromatic N) is 3. The van der Waals surface area contributed by atoms with Crippen LogP contribution in [-0.2, 0) is 9.59 Å². The normalized spacial score (nSPS) is 17.4. The van der Waals surface area contributed by atoms with Gasteiger partial charge in [-0.15, -0.1) is 10.2 Å². The van der Waals surface area contributed by atoms with E-state index in [2.05, 4.69) is 21.6 Å². The van der Waals surface area contributed by atoms with E-state index in [1.54, 1.807) is 0 Å². The summed E-state index contributed by atoms with van der Waals surface area (Å²) in [5.74, 6) is 0.0330. The molecule has 2 amide bonds. The Morgan fingerprint density at radius 1 is 1.26 bits per heavy atom. The molecule has 0 radical (unpaired) electrons. The molecule has 0 unspecified atom stereocenters. The monoisotopic (exact) mass is 386 g/mol. The Hall–Kier alpha value is -2.28. The number of nitrogens with one attached hydrogen (secondary N) is 1. The Labute approximate surface area is 164 Å². The summed E-state index contributed by atoms with van der Waals surface area (Å²) in [6, 6.07) is 6.16. The second kappa shape index (κ2) is 7.38. The van der Waals surface area contributed by atoms with Crippen LogP contribution in [0.3, 0.4) is 0 Å². The molecule has 1 saturated heterocycles. The van der Waals surface area contributed by atoms with Crippen LogP contribution in [0.15, 0.2) is 18.2 Å². The molecule has 2 aromatic rings. The lowest BCUT2D eigenvalue weighted by atomic mass is 9.89. The van der Waals surface area contributed by atoms with Crippen LogP contribution in [-0.4, -0.2) is 28.6 Å². The van der Waals surface area contributed by atoms with E-state index in [-0.39, 0.29) is 17.7 Å². The van der Waals surface area contributed by atoms with Gasteiger partial charge < -0.3 is 10.2 Å². The van der Waals surface area contributed by atoms with E-state index in [1.807, 2.05) is 51.7 Å². The highest BCUT2D eigenvalue weighted by Crippen LogP contribution is 2.35. The van der Waals surface area contributed by atoms with Gasteiger partial charge in [0.05, 0.1) is 0 Å². The van der Waals surface area contributed by atoms with Crippen molar-refractivity contribution in [3.05, 3.63) is 34.3 Å². The number of aromatic nitrogens is 2. The maximum atomic E-state index is 12.5. The van der Waals surface area contributed by atoms with E-state index in [0.29, 0.717) is 18.1 Å². The second-order valence-electron chi connectivity index (χ2n) is 7.89. The van der Waals surface area contributed by atoms with Gasteiger partial charge in [-0.25, -0.2) is 0 Å². The molecule has 0 aliphatic carbocycles. The third-order valence-corrected chi connectivity index (χ3v) is 6.15. The lowest BCUT2D eigenvalue weighted by molar-refractivity contribution is -0.124. The van der Waals surface area contributed by atoms with Gasteiger partial charge in [-0.3, -0.25) is 9.59 Å². The Morgan fingerprint density at radius 2 is 1.93 bits per heavy atom. The number of hydrogen-bond acceptors (Lipinski definition) is 5. The van der Waals surface area contributed by atoms with Crippen LogP contribution in [0.25, 0.3) is 0 Å². The van der Waals surface area contributed by atoms with Crippen LogP contribution in [0.2, 0.25) is 0 Å². The predicted octanol–water partition coefficient (Wildman–Crippen LogP) is 4.05. The summed E-state index contributed by atoms with van der Waals surface area (Å²) in [5, 5.41) is 12.5. The van der Waals surface area contributed by atoms with Crippen molar-refractivity contribution in [1.82, 2.24) is 10.2 Å². The summed E-state index contributed by atoms with van der Waals surface area (Å²) < 4.78 is 0. The predicted molar refractivity (Wildman–Crippen MR) is 108 cm³/mol. The maximum Gasteiger partial charge on any atom is 0.231 e. The van der Waals surface area contributed by atoms with Crippen LogP contribution in [0, 0.1) is 19.3 Å². The molecule has 144 valence electrons. The van der Waals surface area contributed by atoms with E-state index < -0.39 is 5.41 Å². The highest BCUT2D eigenvalue weighted by atomic mass is 32.1. The van der Waals surface area contributed by atoms with Crippen molar-refractivity contribution in [2.24, 2.45) is 5.41 Å². The number of rotatable bonds is 5. The molecular weight excluding hydrogens is 360 g/mol. The number of amides is 2. The number of anilines is 2. The Morgan fingerprint density at radius 3 is 2.56 bits per heavy atom.